The topological polar surface area (TPSA) is 58.5 Å². The van der Waals surface area contributed by atoms with Crippen molar-refractivity contribution in [1.82, 2.24) is 9.97 Å². The molecule has 2 unspecified atom stereocenters. The Bertz CT molecular complexity index is 486. The van der Waals surface area contributed by atoms with Gasteiger partial charge in [-0.15, -0.1) is 0 Å². The first-order valence-corrected chi connectivity index (χ1v) is 6.30. The maximum atomic E-state index is 12.7. The van der Waals surface area contributed by atoms with Gasteiger partial charge in [0.2, 0.25) is 5.28 Å². The van der Waals surface area contributed by atoms with Crippen molar-refractivity contribution in [3.05, 3.63) is 17.0 Å². The minimum absolute atomic E-state index is 0.0755. The highest BCUT2D eigenvalue weighted by Gasteiger charge is 2.35. The van der Waals surface area contributed by atoms with Crippen LogP contribution in [-0.4, -0.2) is 47.0 Å². The van der Waals surface area contributed by atoms with Crippen LogP contribution in [0.4, 0.5) is 19.0 Å². The molecule has 1 aliphatic heterocycles. The van der Waals surface area contributed by atoms with Gasteiger partial charge in [0, 0.05) is 12.6 Å². The molecule has 2 heterocycles. The summed E-state index contributed by atoms with van der Waals surface area (Å²) < 4.78 is 43.5. The van der Waals surface area contributed by atoms with Crippen molar-refractivity contribution in [2.75, 3.05) is 24.7 Å². The molecule has 0 amide bonds. The Labute approximate surface area is 118 Å². The fraction of sp³-hybridized carbons (Fsp3) is 0.636. The standard InChI is InChI=1S/C11H13ClF3N3O2/c1-6-5-20-7(4-19)3-18(6)9-2-8(11(13,14)15)16-10(12)17-9/h2,6-7,19H,3-5H2,1H3. The molecule has 112 valence electrons. The quantitative estimate of drug-likeness (QED) is 0.843. The lowest BCUT2D eigenvalue weighted by molar-refractivity contribution is -0.141. The van der Waals surface area contributed by atoms with E-state index in [1.807, 2.05) is 0 Å². The number of morpholine rings is 1. The van der Waals surface area contributed by atoms with Gasteiger partial charge in [0.1, 0.15) is 5.82 Å². The highest BCUT2D eigenvalue weighted by Crippen LogP contribution is 2.31. The molecular weight excluding hydrogens is 299 g/mol. The minimum Gasteiger partial charge on any atom is -0.394 e. The molecule has 20 heavy (non-hydrogen) atoms. The fourth-order valence-corrected chi connectivity index (χ4v) is 2.12. The van der Waals surface area contributed by atoms with Crippen molar-refractivity contribution in [2.24, 2.45) is 0 Å². The van der Waals surface area contributed by atoms with E-state index < -0.39 is 23.3 Å². The van der Waals surface area contributed by atoms with Gasteiger partial charge in [-0.25, -0.2) is 9.97 Å². The number of hydrogen-bond acceptors (Lipinski definition) is 5. The van der Waals surface area contributed by atoms with Crippen LogP contribution in [0.5, 0.6) is 0 Å². The lowest BCUT2D eigenvalue weighted by atomic mass is 10.2. The number of aliphatic hydroxyl groups is 1. The highest BCUT2D eigenvalue weighted by molar-refractivity contribution is 6.28. The van der Waals surface area contributed by atoms with Gasteiger partial charge < -0.3 is 14.7 Å². The van der Waals surface area contributed by atoms with Crippen molar-refractivity contribution < 1.29 is 23.0 Å². The molecule has 9 heteroatoms. The highest BCUT2D eigenvalue weighted by atomic mass is 35.5. The first-order chi connectivity index (χ1) is 9.31. The Kier molecular flexibility index (Phi) is 4.36. The normalized spacial score (nSPS) is 24.0. The van der Waals surface area contributed by atoms with Crippen LogP contribution in [0.3, 0.4) is 0 Å². The lowest BCUT2D eigenvalue weighted by Gasteiger charge is -2.38. The van der Waals surface area contributed by atoms with E-state index in [0.29, 0.717) is 0 Å². The van der Waals surface area contributed by atoms with Crippen LogP contribution in [0.15, 0.2) is 6.07 Å². The molecule has 1 N–H and O–H groups in total. The molecule has 0 aliphatic carbocycles. The number of rotatable bonds is 2. The van der Waals surface area contributed by atoms with E-state index in [1.54, 1.807) is 11.8 Å². The predicted molar refractivity (Wildman–Crippen MR) is 65.7 cm³/mol. The van der Waals surface area contributed by atoms with Crippen molar-refractivity contribution in [3.8, 4) is 0 Å². The van der Waals surface area contributed by atoms with E-state index in [4.69, 9.17) is 21.4 Å². The summed E-state index contributed by atoms with van der Waals surface area (Å²) in [5, 5.41) is 8.63. The van der Waals surface area contributed by atoms with E-state index in [2.05, 4.69) is 9.97 Å². The smallest absolute Gasteiger partial charge is 0.394 e. The van der Waals surface area contributed by atoms with Gasteiger partial charge in [0.05, 0.1) is 25.4 Å². The molecule has 0 spiro atoms. The average molecular weight is 312 g/mol. The van der Waals surface area contributed by atoms with E-state index in [0.717, 1.165) is 6.07 Å². The van der Waals surface area contributed by atoms with Crippen LogP contribution in [0.1, 0.15) is 12.6 Å². The van der Waals surface area contributed by atoms with Crippen LogP contribution in [0, 0.1) is 0 Å². The molecule has 0 bridgehead atoms. The molecular formula is C11H13ClF3N3O2. The number of halogens is 4. The largest absolute Gasteiger partial charge is 0.433 e. The maximum absolute atomic E-state index is 12.7. The zero-order valence-corrected chi connectivity index (χ0v) is 11.3. The molecule has 0 aromatic carbocycles. The summed E-state index contributed by atoms with van der Waals surface area (Å²) in [6.45, 7) is 2.10. The lowest BCUT2D eigenvalue weighted by Crippen LogP contribution is -2.50. The number of aromatic nitrogens is 2. The van der Waals surface area contributed by atoms with E-state index in [9.17, 15) is 13.2 Å². The number of ether oxygens (including phenoxy) is 1. The molecule has 5 nitrogen and oxygen atoms in total. The number of aliphatic hydroxyl groups excluding tert-OH is 1. The molecule has 1 aromatic rings. The first-order valence-electron chi connectivity index (χ1n) is 5.92. The molecule has 2 rings (SSSR count). The maximum Gasteiger partial charge on any atom is 0.433 e. The molecule has 1 fully saturated rings. The summed E-state index contributed by atoms with van der Waals surface area (Å²) >= 11 is 5.56. The third-order valence-electron chi connectivity index (χ3n) is 2.98. The average Bonchev–Trinajstić information content (AvgIpc) is 2.37. The summed E-state index contributed by atoms with van der Waals surface area (Å²) in [6.07, 6.45) is -5.05. The number of alkyl halides is 3. The van der Waals surface area contributed by atoms with Gasteiger partial charge in [-0.05, 0) is 18.5 Å². The van der Waals surface area contributed by atoms with Crippen LogP contribution < -0.4 is 4.90 Å². The Hall–Kier alpha value is -1.12. The van der Waals surface area contributed by atoms with Gasteiger partial charge >= 0.3 is 6.18 Å². The summed E-state index contributed by atoms with van der Waals surface area (Å²) in [5.74, 6) is 0.0755. The van der Waals surface area contributed by atoms with Crippen molar-refractivity contribution in [1.29, 1.82) is 0 Å². The summed E-state index contributed by atoms with van der Waals surface area (Å²) in [6, 6.07) is 0.673. The van der Waals surface area contributed by atoms with Gasteiger partial charge in [-0.1, -0.05) is 0 Å². The Morgan fingerprint density at radius 2 is 2.20 bits per heavy atom. The minimum atomic E-state index is -4.59. The number of nitrogens with zero attached hydrogens (tertiary/aromatic N) is 3. The van der Waals surface area contributed by atoms with E-state index in [1.165, 1.54) is 0 Å². The van der Waals surface area contributed by atoms with E-state index in [-0.39, 0.29) is 31.6 Å². The fourth-order valence-electron chi connectivity index (χ4n) is 1.95. The molecule has 0 saturated carbocycles. The van der Waals surface area contributed by atoms with Crippen molar-refractivity contribution in [2.45, 2.75) is 25.2 Å². The van der Waals surface area contributed by atoms with Crippen LogP contribution in [0.2, 0.25) is 5.28 Å². The molecule has 1 aromatic heterocycles. The van der Waals surface area contributed by atoms with Gasteiger partial charge in [-0.3, -0.25) is 0 Å². The van der Waals surface area contributed by atoms with Crippen molar-refractivity contribution in [3.63, 3.8) is 0 Å². The second-order valence-electron chi connectivity index (χ2n) is 4.52. The zero-order valence-electron chi connectivity index (χ0n) is 10.6. The molecule has 0 radical (unpaired) electrons. The van der Waals surface area contributed by atoms with Gasteiger partial charge in [0.25, 0.3) is 0 Å². The second-order valence-corrected chi connectivity index (χ2v) is 4.86. The molecule has 1 saturated heterocycles. The van der Waals surface area contributed by atoms with Gasteiger partial charge in [-0.2, -0.15) is 13.2 Å². The molecule has 2 atom stereocenters. The number of anilines is 1. The van der Waals surface area contributed by atoms with Crippen LogP contribution in [0.25, 0.3) is 0 Å². The third kappa shape index (κ3) is 3.31. The monoisotopic (exact) mass is 311 g/mol. The van der Waals surface area contributed by atoms with Crippen LogP contribution in [-0.2, 0) is 10.9 Å². The Morgan fingerprint density at radius 3 is 2.80 bits per heavy atom. The van der Waals surface area contributed by atoms with Crippen molar-refractivity contribution >= 4 is 17.4 Å². The van der Waals surface area contributed by atoms with Gasteiger partial charge in [0.15, 0.2) is 5.69 Å². The SMILES string of the molecule is CC1COC(CO)CN1c1cc(C(F)(F)F)nc(Cl)n1. The zero-order chi connectivity index (χ0) is 14.9. The third-order valence-corrected chi connectivity index (χ3v) is 3.15. The molecule has 1 aliphatic rings. The summed E-state index contributed by atoms with van der Waals surface area (Å²) in [4.78, 5) is 8.64. The van der Waals surface area contributed by atoms with E-state index >= 15 is 0 Å². The predicted octanol–water partition coefficient (Wildman–Crippen LogP) is 1.73. The first kappa shape index (κ1) is 15.3. The Morgan fingerprint density at radius 1 is 1.50 bits per heavy atom. The second kappa shape index (κ2) is 5.71. The van der Waals surface area contributed by atoms with Crippen LogP contribution >= 0.6 is 11.6 Å². The summed E-state index contributed by atoms with van der Waals surface area (Å²) in [5.41, 5.74) is -1.09. The summed E-state index contributed by atoms with van der Waals surface area (Å²) in [7, 11) is 0. The number of hydrogen-bond donors (Lipinski definition) is 1. The Balaban J connectivity index is 2.33.